The number of rotatable bonds is 0. The zero-order valence-corrected chi connectivity index (χ0v) is 7.21. The zero-order chi connectivity index (χ0) is 8.65. The minimum absolute atomic E-state index is 0.105. The lowest BCUT2D eigenvalue weighted by molar-refractivity contribution is -0.142. The van der Waals surface area contributed by atoms with Crippen molar-refractivity contribution in [2.45, 2.75) is 33.4 Å². The van der Waals surface area contributed by atoms with Crippen LogP contribution in [0.4, 0.5) is 0 Å². The maximum absolute atomic E-state index is 10.9. The summed E-state index contributed by atoms with van der Waals surface area (Å²) in [7, 11) is 0. The molecular formula is C7H12N2O2. The first kappa shape index (κ1) is 8.04. The molecule has 1 heterocycles. The number of hydrogen-bond acceptors (Lipinski definition) is 3. The molecule has 0 fully saturated rings. The van der Waals surface area contributed by atoms with Crippen molar-refractivity contribution >= 4 is 11.8 Å². The number of carbonyl (C=O) groups excluding carboxylic acids is 1. The number of ether oxygens (including phenoxy) is 1. The van der Waals surface area contributed by atoms with Gasteiger partial charge in [-0.05, 0) is 13.8 Å². The van der Waals surface area contributed by atoms with E-state index < -0.39 is 5.72 Å². The summed E-state index contributed by atoms with van der Waals surface area (Å²) in [4.78, 5) is 10.9. The summed E-state index contributed by atoms with van der Waals surface area (Å²) >= 11 is 0. The van der Waals surface area contributed by atoms with Crippen molar-refractivity contribution in [2.75, 3.05) is 0 Å². The van der Waals surface area contributed by atoms with Crippen LogP contribution in [-0.4, -0.2) is 22.5 Å². The van der Waals surface area contributed by atoms with E-state index in [4.69, 9.17) is 4.74 Å². The van der Waals surface area contributed by atoms with Crippen LogP contribution < -0.4 is 0 Å². The summed E-state index contributed by atoms with van der Waals surface area (Å²) in [6.07, 6.45) is 0. The summed E-state index contributed by atoms with van der Waals surface area (Å²) in [6, 6.07) is 0. The minimum Gasteiger partial charge on any atom is -0.452 e. The smallest absolute Gasteiger partial charge is 0.243 e. The van der Waals surface area contributed by atoms with E-state index in [1.165, 1.54) is 11.9 Å². The SMILES string of the molecule is CC(=O)N1N=C(C)OC1(C)C. The highest BCUT2D eigenvalue weighted by molar-refractivity contribution is 5.81. The van der Waals surface area contributed by atoms with Gasteiger partial charge in [-0.1, -0.05) is 0 Å². The number of hydrogen-bond donors (Lipinski definition) is 0. The van der Waals surface area contributed by atoms with Gasteiger partial charge in [0.25, 0.3) is 0 Å². The van der Waals surface area contributed by atoms with Crippen LogP contribution in [0.5, 0.6) is 0 Å². The number of hydrazone groups is 1. The Morgan fingerprint density at radius 2 is 2.18 bits per heavy atom. The molecule has 0 aromatic carbocycles. The van der Waals surface area contributed by atoms with Gasteiger partial charge in [-0.25, -0.2) is 0 Å². The quantitative estimate of drug-likeness (QED) is 0.523. The fourth-order valence-corrected chi connectivity index (χ4v) is 1.14. The number of amides is 1. The van der Waals surface area contributed by atoms with Crippen LogP contribution in [0.3, 0.4) is 0 Å². The molecule has 0 bridgehead atoms. The fourth-order valence-electron chi connectivity index (χ4n) is 1.14. The molecule has 0 unspecified atom stereocenters. The molecule has 0 saturated heterocycles. The van der Waals surface area contributed by atoms with E-state index in [0.29, 0.717) is 5.90 Å². The summed E-state index contributed by atoms with van der Waals surface area (Å²) in [5, 5.41) is 5.25. The maximum Gasteiger partial charge on any atom is 0.243 e. The second-order valence-electron chi connectivity index (χ2n) is 3.00. The second kappa shape index (κ2) is 2.22. The van der Waals surface area contributed by atoms with Gasteiger partial charge in [-0.2, -0.15) is 5.01 Å². The number of carbonyl (C=O) groups is 1. The van der Waals surface area contributed by atoms with E-state index in [0.717, 1.165) is 0 Å². The van der Waals surface area contributed by atoms with Crippen LogP contribution in [0.1, 0.15) is 27.7 Å². The number of nitrogens with zero attached hydrogens (tertiary/aromatic N) is 2. The highest BCUT2D eigenvalue weighted by Crippen LogP contribution is 2.23. The van der Waals surface area contributed by atoms with Crippen molar-refractivity contribution in [3.05, 3.63) is 0 Å². The van der Waals surface area contributed by atoms with Crippen LogP contribution in [0, 0.1) is 0 Å². The topological polar surface area (TPSA) is 41.9 Å². The van der Waals surface area contributed by atoms with E-state index in [-0.39, 0.29) is 5.91 Å². The average molecular weight is 156 g/mol. The lowest BCUT2D eigenvalue weighted by atomic mass is 10.3. The third-order valence-electron chi connectivity index (χ3n) is 1.45. The summed E-state index contributed by atoms with van der Waals surface area (Å²) < 4.78 is 5.28. The van der Waals surface area contributed by atoms with Crippen LogP contribution in [-0.2, 0) is 9.53 Å². The molecule has 4 nitrogen and oxygen atoms in total. The first-order chi connectivity index (χ1) is 4.93. The average Bonchev–Trinajstić information content (AvgIpc) is 2.04. The summed E-state index contributed by atoms with van der Waals surface area (Å²) in [6.45, 7) is 6.79. The Bertz CT molecular complexity index is 220. The summed E-state index contributed by atoms with van der Waals surface area (Å²) in [5.74, 6) is 0.428. The molecule has 1 aliphatic rings. The Morgan fingerprint density at radius 1 is 1.64 bits per heavy atom. The highest BCUT2D eigenvalue weighted by Gasteiger charge is 2.36. The van der Waals surface area contributed by atoms with E-state index in [9.17, 15) is 4.79 Å². The monoisotopic (exact) mass is 156 g/mol. The molecule has 0 radical (unpaired) electrons. The molecule has 4 heteroatoms. The molecular weight excluding hydrogens is 144 g/mol. The fraction of sp³-hybridized carbons (Fsp3) is 0.714. The van der Waals surface area contributed by atoms with Crippen molar-refractivity contribution in [3.8, 4) is 0 Å². The standard InChI is InChI=1S/C7H12N2O2/c1-5-8-9(6(2)10)7(3,4)11-5/h1-4H3. The minimum atomic E-state index is -0.615. The van der Waals surface area contributed by atoms with Gasteiger partial charge in [0.15, 0.2) is 0 Å². The van der Waals surface area contributed by atoms with Crippen LogP contribution in [0.2, 0.25) is 0 Å². The van der Waals surface area contributed by atoms with Gasteiger partial charge in [0, 0.05) is 13.8 Å². The molecule has 0 aliphatic carbocycles. The Balaban J connectivity index is 2.86. The second-order valence-corrected chi connectivity index (χ2v) is 3.00. The molecule has 0 saturated carbocycles. The predicted octanol–water partition coefficient (Wildman–Crippen LogP) is 0.935. The van der Waals surface area contributed by atoms with Crippen LogP contribution in [0.25, 0.3) is 0 Å². The van der Waals surface area contributed by atoms with E-state index in [2.05, 4.69) is 5.10 Å². The van der Waals surface area contributed by atoms with Crippen LogP contribution in [0.15, 0.2) is 5.10 Å². The van der Waals surface area contributed by atoms with Gasteiger partial charge in [0.1, 0.15) is 0 Å². The lowest BCUT2D eigenvalue weighted by Crippen LogP contribution is -2.40. The zero-order valence-electron chi connectivity index (χ0n) is 7.21. The van der Waals surface area contributed by atoms with Gasteiger partial charge in [0.05, 0.1) is 0 Å². The molecule has 0 aromatic rings. The molecule has 1 amide bonds. The van der Waals surface area contributed by atoms with Crippen LogP contribution >= 0.6 is 0 Å². The van der Waals surface area contributed by atoms with Gasteiger partial charge >= 0.3 is 0 Å². The Morgan fingerprint density at radius 3 is 2.36 bits per heavy atom. The van der Waals surface area contributed by atoms with Crippen molar-refractivity contribution in [2.24, 2.45) is 5.10 Å². The highest BCUT2D eigenvalue weighted by atomic mass is 16.5. The molecule has 1 aliphatic heterocycles. The molecule has 0 aromatic heterocycles. The van der Waals surface area contributed by atoms with Crippen molar-refractivity contribution in [1.29, 1.82) is 0 Å². The predicted molar refractivity (Wildman–Crippen MR) is 40.8 cm³/mol. The molecule has 62 valence electrons. The Hall–Kier alpha value is -1.06. The van der Waals surface area contributed by atoms with Gasteiger partial charge in [-0.15, -0.1) is 5.10 Å². The molecule has 0 spiro atoms. The third-order valence-corrected chi connectivity index (χ3v) is 1.45. The summed E-state index contributed by atoms with van der Waals surface area (Å²) in [5.41, 5.74) is -0.615. The van der Waals surface area contributed by atoms with E-state index in [1.807, 2.05) is 0 Å². The Kier molecular flexibility index (Phi) is 1.62. The molecule has 1 rings (SSSR count). The maximum atomic E-state index is 10.9. The van der Waals surface area contributed by atoms with Gasteiger partial charge in [-0.3, -0.25) is 4.79 Å². The van der Waals surface area contributed by atoms with Crippen molar-refractivity contribution in [3.63, 3.8) is 0 Å². The molecule has 0 N–H and O–H groups in total. The van der Waals surface area contributed by atoms with Gasteiger partial charge < -0.3 is 4.74 Å². The molecule has 0 atom stereocenters. The Labute approximate surface area is 65.8 Å². The largest absolute Gasteiger partial charge is 0.452 e. The first-order valence-electron chi connectivity index (χ1n) is 3.48. The third kappa shape index (κ3) is 1.34. The molecule has 11 heavy (non-hydrogen) atoms. The first-order valence-corrected chi connectivity index (χ1v) is 3.48. The van der Waals surface area contributed by atoms with Crippen molar-refractivity contribution in [1.82, 2.24) is 5.01 Å². The van der Waals surface area contributed by atoms with E-state index >= 15 is 0 Å². The lowest BCUT2D eigenvalue weighted by Gasteiger charge is -2.25. The van der Waals surface area contributed by atoms with E-state index in [1.54, 1.807) is 20.8 Å². The van der Waals surface area contributed by atoms with Crippen molar-refractivity contribution < 1.29 is 9.53 Å². The van der Waals surface area contributed by atoms with Gasteiger partial charge in [0.2, 0.25) is 17.5 Å². The normalized spacial score (nSPS) is 21.1.